The van der Waals surface area contributed by atoms with Crippen molar-refractivity contribution in [2.45, 2.75) is 95.9 Å². The van der Waals surface area contributed by atoms with E-state index in [4.69, 9.17) is 27.1 Å². The van der Waals surface area contributed by atoms with Crippen molar-refractivity contribution in [3.8, 4) is 45.6 Å². The van der Waals surface area contributed by atoms with Gasteiger partial charge < -0.3 is 27.1 Å². The van der Waals surface area contributed by atoms with Crippen molar-refractivity contribution < 1.29 is 27.1 Å². The van der Waals surface area contributed by atoms with Crippen LogP contribution >= 0.6 is 17.2 Å². The molecule has 2 heterocycles. The summed E-state index contributed by atoms with van der Waals surface area (Å²) in [5, 5.41) is 4.11. The first-order valence-corrected chi connectivity index (χ1v) is 25.0. The lowest BCUT2D eigenvalue weighted by molar-refractivity contribution is 0.376. The van der Waals surface area contributed by atoms with Crippen LogP contribution in [0.25, 0.3) is 32.7 Å². The molecule has 66 heavy (non-hydrogen) atoms. The molecule has 0 saturated carbocycles. The minimum Gasteiger partial charge on any atom is -0.408 e. The van der Waals surface area contributed by atoms with E-state index in [1.807, 2.05) is 12.1 Å². The summed E-state index contributed by atoms with van der Waals surface area (Å²) in [6.07, 6.45) is 1.40. The molecule has 0 bridgehead atoms. The number of benzene rings is 8. The average Bonchev–Trinajstić information content (AvgIpc) is 3.27. The third kappa shape index (κ3) is 7.53. The van der Waals surface area contributed by atoms with Gasteiger partial charge in [-0.05, 0) is 184 Å². The van der Waals surface area contributed by atoms with Crippen LogP contribution in [-0.2, 0) is 12.8 Å². The fourth-order valence-electron chi connectivity index (χ4n) is 9.89. The van der Waals surface area contributed by atoms with Gasteiger partial charge in [-0.2, -0.15) is 0 Å². The van der Waals surface area contributed by atoms with Crippen molar-refractivity contribution in [3.05, 3.63) is 186 Å². The van der Waals surface area contributed by atoms with Gasteiger partial charge in [0, 0.05) is 46.2 Å². The van der Waals surface area contributed by atoms with E-state index in [-0.39, 0.29) is 0 Å². The standard InChI is InChI=1S/C58H56O6P2/c1-31-25-35(5)47-29-48-36(6)26-32(2)40(10)56(48)62-65(61-55(47)39(31)9)59-51-23-21-43-17-13-15-19-45(43)53(51)54-46-20-16-14-18-44(46)22-24-52(54)60-66-63-57-41(11)33(3)27-37(7)49(57)30-50-38(8)28-34(4)42(12)58(50)64-66/h13-28H,29-30H2,1-12H3. The van der Waals surface area contributed by atoms with Crippen LogP contribution in [0, 0.1) is 83.1 Å². The molecular weight excluding hydrogens is 855 g/mol. The van der Waals surface area contributed by atoms with Gasteiger partial charge in [-0.1, -0.05) is 84.9 Å². The van der Waals surface area contributed by atoms with Crippen LogP contribution in [0.5, 0.6) is 34.5 Å². The second-order valence-corrected chi connectivity index (χ2v) is 20.4. The Kier molecular flexibility index (Phi) is 11.3. The minimum atomic E-state index is -2.05. The summed E-state index contributed by atoms with van der Waals surface area (Å²) in [4.78, 5) is 0. The van der Waals surface area contributed by atoms with Crippen LogP contribution in [0.1, 0.15) is 89.0 Å². The fourth-order valence-corrected chi connectivity index (χ4v) is 12.3. The van der Waals surface area contributed by atoms with E-state index in [1.165, 1.54) is 22.3 Å². The fraction of sp³-hybridized carbons (Fsp3) is 0.241. The van der Waals surface area contributed by atoms with Gasteiger partial charge in [-0.25, -0.2) is 0 Å². The molecule has 6 nitrogen and oxygen atoms in total. The van der Waals surface area contributed by atoms with E-state index in [0.717, 1.165) is 122 Å². The van der Waals surface area contributed by atoms with Gasteiger partial charge in [-0.3, -0.25) is 0 Å². The lowest BCUT2D eigenvalue weighted by Gasteiger charge is -2.30. The van der Waals surface area contributed by atoms with Gasteiger partial charge in [0.1, 0.15) is 34.5 Å². The lowest BCUT2D eigenvalue weighted by Crippen LogP contribution is -2.13. The predicted molar refractivity (Wildman–Crippen MR) is 273 cm³/mol. The van der Waals surface area contributed by atoms with Crippen molar-refractivity contribution in [2.75, 3.05) is 0 Å². The van der Waals surface area contributed by atoms with Crippen LogP contribution in [-0.4, -0.2) is 0 Å². The Morgan fingerprint density at radius 2 is 0.636 bits per heavy atom. The number of rotatable bonds is 5. The highest BCUT2D eigenvalue weighted by Gasteiger charge is 2.35. The highest BCUT2D eigenvalue weighted by molar-refractivity contribution is 7.43. The zero-order valence-electron chi connectivity index (χ0n) is 40.0. The first-order chi connectivity index (χ1) is 31.7. The molecule has 2 aliphatic rings. The van der Waals surface area contributed by atoms with E-state index in [2.05, 4.69) is 168 Å². The van der Waals surface area contributed by atoms with Crippen molar-refractivity contribution in [1.82, 2.24) is 0 Å². The molecule has 0 fully saturated rings. The molecule has 0 amide bonds. The normalized spacial score (nSPS) is 13.7. The van der Waals surface area contributed by atoms with Gasteiger partial charge >= 0.3 is 17.2 Å². The third-order valence-electron chi connectivity index (χ3n) is 14.2. The maximum absolute atomic E-state index is 7.28. The Morgan fingerprint density at radius 3 is 0.939 bits per heavy atom. The number of aryl methyl sites for hydroxylation is 8. The number of hydrogen-bond donors (Lipinski definition) is 0. The van der Waals surface area contributed by atoms with E-state index in [0.29, 0.717) is 24.3 Å². The van der Waals surface area contributed by atoms with Gasteiger partial charge in [0.25, 0.3) is 0 Å². The smallest absolute Gasteiger partial charge is 0.408 e. The Labute approximate surface area is 391 Å². The summed E-state index contributed by atoms with van der Waals surface area (Å²) < 4.78 is 42.9. The molecule has 8 aromatic rings. The first kappa shape index (κ1) is 43.8. The molecule has 0 atom stereocenters. The summed E-state index contributed by atoms with van der Waals surface area (Å²) in [5.74, 6) is 4.51. The molecule has 2 aliphatic heterocycles. The van der Waals surface area contributed by atoms with Crippen LogP contribution < -0.4 is 27.1 Å². The Hall–Kier alpha value is -6.06. The SMILES string of the molecule is Cc1cc(C)c2c(c1C)OP(Oc1ccc3ccccc3c1-c1c(OP3Oc4c(C)c(C)cc(C)c4Cc4c(C)cc(C)c(C)c4O3)ccc3ccccc13)Oc1c(C)c(C)cc(C)c1C2. The van der Waals surface area contributed by atoms with E-state index in [1.54, 1.807) is 0 Å². The first-order valence-electron chi connectivity index (χ1n) is 22.8. The van der Waals surface area contributed by atoms with Crippen LogP contribution in [0.2, 0.25) is 0 Å². The quantitative estimate of drug-likeness (QED) is 0.160. The van der Waals surface area contributed by atoms with E-state index in [9.17, 15) is 0 Å². The zero-order valence-corrected chi connectivity index (χ0v) is 41.8. The van der Waals surface area contributed by atoms with Crippen molar-refractivity contribution in [1.29, 1.82) is 0 Å². The average molecular weight is 911 g/mol. The van der Waals surface area contributed by atoms with Crippen LogP contribution in [0.15, 0.2) is 97.1 Å². The summed E-state index contributed by atoms with van der Waals surface area (Å²) in [7, 11) is -4.10. The largest absolute Gasteiger partial charge is 0.530 e. The topological polar surface area (TPSA) is 55.4 Å². The molecule has 0 spiro atoms. The molecule has 8 heteroatoms. The second-order valence-electron chi connectivity index (χ2n) is 18.4. The lowest BCUT2D eigenvalue weighted by atomic mass is 9.90. The molecule has 0 aromatic heterocycles. The predicted octanol–water partition coefficient (Wildman–Crippen LogP) is 16.7. The molecular formula is C58H56O6P2. The molecule has 0 unspecified atom stereocenters. The third-order valence-corrected chi connectivity index (χ3v) is 16.2. The molecule has 0 radical (unpaired) electrons. The summed E-state index contributed by atoms with van der Waals surface area (Å²) in [6.45, 7) is 25.8. The van der Waals surface area contributed by atoms with E-state index < -0.39 is 17.2 Å². The molecule has 10 rings (SSSR count). The van der Waals surface area contributed by atoms with Gasteiger partial charge in [-0.15, -0.1) is 0 Å². The monoisotopic (exact) mass is 910 g/mol. The van der Waals surface area contributed by atoms with Crippen LogP contribution in [0.3, 0.4) is 0 Å². The maximum Gasteiger partial charge on any atom is 0.530 e. The van der Waals surface area contributed by atoms with Crippen molar-refractivity contribution in [2.24, 2.45) is 0 Å². The Bertz CT molecular complexity index is 2960. The van der Waals surface area contributed by atoms with E-state index >= 15 is 0 Å². The Balaban J connectivity index is 1.17. The van der Waals surface area contributed by atoms with Gasteiger partial charge in [0.05, 0.1) is 0 Å². The molecule has 0 N–H and O–H groups in total. The highest BCUT2D eigenvalue weighted by Crippen LogP contribution is 2.57. The molecule has 0 aliphatic carbocycles. The van der Waals surface area contributed by atoms with Crippen molar-refractivity contribution in [3.63, 3.8) is 0 Å². The summed E-state index contributed by atoms with van der Waals surface area (Å²) >= 11 is 0. The minimum absolute atomic E-state index is 0.612. The molecule has 8 aromatic carbocycles. The zero-order chi connectivity index (χ0) is 46.3. The Morgan fingerprint density at radius 1 is 0.348 bits per heavy atom. The van der Waals surface area contributed by atoms with Crippen LogP contribution in [0.4, 0.5) is 0 Å². The number of fused-ring (bicyclic) bond motifs is 6. The van der Waals surface area contributed by atoms with Gasteiger partial charge in [0.2, 0.25) is 0 Å². The highest BCUT2D eigenvalue weighted by atomic mass is 31.2. The number of hydrogen-bond acceptors (Lipinski definition) is 6. The summed E-state index contributed by atoms with van der Waals surface area (Å²) in [5.41, 5.74) is 20.0. The summed E-state index contributed by atoms with van der Waals surface area (Å²) in [6, 6.07) is 34.2. The molecule has 334 valence electrons. The van der Waals surface area contributed by atoms with Gasteiger partial charge in [0.15, 0.2) is 0 Å². The maximum atomic E-state index is 7.28. The second kappa shape index (κ2) is 17.0. The molecule has 0 saturated heterocycles. The van der Waals surface area contributed by atoms with Crippen molar-refractivity contribution >= 4 is 38.7 Å².